The van der Waals surface area contributed by atoms with Crippen molar-refractivity contribution in [2.75, 3.05) is 13.1 Å². The van der Waals surface area contributed by atoms with Gasteiger partial charge in [0.05, 0.1) is 11.7 Å². The molecule has 20 heavy (non-hydrogen) atoms. The molecule has 1 saturated carbocycles. The van der Waals surface area contributed by atoms with Crippen molar-refractivity contribution in [1.29, 1.82) is 0 Å². The lowest BCUT2D eigenvalue weighted by Crippen LogP contribution is -2.50. The van der Waals surface area contributed by atoms with E-state index in [-0.39, 0.29) is 11.7 Å². The molecule has 1 aliphatic carbocycles. The summed E-state index contributed by atoms with van der Waals surface area (Å²) in [6.07, 6.45) is 7.54. The minimum atomic E-state index is 0.00236. The number of rotatable bonds is 1. The molecule has 1 unspecified atom stereocenters. The summed E-state index contributed by atoms with van der Waals surface area (Å²) in [5.41, 5.74) is 1.05. The van der Waals surface area contributed by atoms with Crippen LogP contribution in [-0.2, 0) is 4.74 Å². The van der Waals surface area contributed by atoms with Gasteiger partial charge in [0.25, 0.3) is 0 Å². The van der Waals surface area contributed by atoms with Crippen molar-refractivity contribution in [1.82, 2.24) is 5.32 Å². The highest BCUT2D eigenvalue weighted by molar-refractivity contribution is 6.35. The van der Waals surface area contributed by atoms with E-state index in [0.29, 0.717) is 10.0 Å². The zero-order valence-electron chi connectivity index (χ0n) is 11.6. The van der Waals surface area contributed by atoms with Gasteiger partial charge in [-0.05, 0) is 25.0 Å². The van der Waals surface area contributed by atoms with E-state index in [1.807, 2.05) is 12.1 Å². The van der Waals surface area contributed by atoms with E-state index >= 15 is 0 Å². The maximum Gasteiger partial charge on any atom is 0.0971 e. The minimum Gasteiger partial charge on any atom is -0.364 e. The van der Waals surface area contributed by atoms with Crippen molar-refractivity contribution in [2.45, 2.75) is 50.2 Å². The number of hydrogen-bond acceptors (Lipinski definition) is 2. The maximum absolute atomic E-state index is 6.51. The summed E-state index contributed by atoms with van der Waals surface area (Å²) < 4.78 is 6.51. The lowest BCUT2D eigenvalue weighted by atomic mass is 9.91. The predicted molar refractivity (Wildman–Crippen MR) is 83.6 cm³/mol. The van der Waals surface area contributed by atoms with Gasteiger partial charge < -0.3 is 10.1 Å². The first kappa shape index (κ1) is 14.6. The smallest absolute Gasteiger partial charge is 0.0971 e. The Morgan fingerprint density at radius 3 is 2.55 bits per heavy atom. The molecule has 110 valence electrons. The molecule has 0 radical (unpaired) electrons. The van der Waals surface area contributed by atoms with Gasteiger partial charge in [0.1, 0.15) is 0 Å². The van der Waals surface area contributed by atoms with Gasteiger partial charge in [-0.1, -0.05) is 55.0 Å². The van der Waals surface area contributed by atoms with E-state index in [9.17, 15) is 0 Å². The third kappa shape index (κ3) is 3.14. The summed E-state index contributed by atoms with van der Waals surface area (Å²) >= 11 is 12.3. The van der Waals surface area contributed by atoms with Crippen molar-refractivity contribution in [2.24, 2.45) is 0 Å². The maximum atomic E-state index is 6.51. The lowest BCUT2D eigenvalue weighted by Gasteiger charge is -2.42. The first-order valence-corrected chi connectivity index (χ1v) is 8.28. The van der Waals surface area contributed by atoms with Crippen molar-refractivity contribution in [3.63, 3.8) is 0 Å². The average Bonchev–Trinajstić information content (AvgIpc) is 2.64. The van der Waals surface area contributed by atoms with Gasteiger partial charge in [0.15, 0.2) is 0 Å². The average molecular weight is 314 g/mol. The van der Waals surface area contributed by atoms with E-state index in [1.165, 1.54) is 25.7 Å². The van der Waals surface area contributed by atoms with Crippen LogP contribution in [0.25, 0.3) is 0 Å². The number of morpholine rings is 1. The fourth-order valence-electron chi connectivity index (χ4n) is 3.42. The second kappa shape index (κ2) is 6.23. The summed E-state index contributed by atoms with van der Waals surface area (Å²) in [6, 6.07) is 5.68. The highest BCUT2D eigenvalue weighted by atomic mass is 35.5. The first-order chi connectivity index (χ1) is 9.69. The SMILES string of the molecule is Clc1ccc(C2CNCC3(CCCCCC3)O2)c(Cl)c1. The third-order valence-corrected chi connectivity index (χ3v) is 5.06. The zero-order chi connectivity index (χ0) is 14.0. The summed E-state index contributed by atoms with van der Waals surface area (Å²) in [4.78, 5) is 0. The van der Waals surface area contributed by atoms with Crippen molar-refractivity contribution < 1.29 is 4.74 Å². The van der Waals surface area contributed by atoms with Gasteiger partial charge in [-0.2, -0.15) is 0 Å². The largest absolute Gasteiger partial charge is 0.364 e. The van der Waals surface area contributed by atoms with Crippen LogP contribution in [0.1, 0.15) is 50.2 Å². The molecule has 1 aromatic carbocycles. The molecule has 0 aromatic heterocycles. The van der Waals surface area contributed by atoms with Crippen LogP contribution in [0, 0.1) is 0 Å². The van der Waals surface area contributed by atoms with Crippen LogP contribution in [0.5, 0.6) is 0 Å². The monoisotopic (exact) mass is 313 g/mol. The Morgan fingerprint density at radius 1 is 1.10 bits per heavy atom. The molecule has 1 aliphatic heterocycles. The number of ether oxygens (including phenoxy) is 1. The van der Waals surface area contributed by atoms with Crippen molar-refractivity contribution >= 4 is 23.2 Å². The fraction of sp³-hybridized carbons (Fsp3) is 0.625. The number of halogens is 2. The molecule has 2 fully saturated rings. The molecular weight excluding hydrogens is 293 g/mol. The highest BCUT2D eigenvalue weighted by Gasteiger charge is 2.38. The Balaban J connectivity index is 1.80. The van der Waals surface area contributed by atoms with Gasteiger partial charge in [-0.25, -0.2) is 0 Å². The normalized spacial score (nSPS) is 26.4. The Kier molecular flexibility index (Phi) is 4.56. The van der Waals surface area contributed by atoms with Gasteiger partial charge in [0.2, 0.25) is 0 Å². The predicted octanol–water partition coefficient (Wildman–Crippen LogP) is 4.75. The second-order valence-electron chi connectivity index (χ2n) is 6.00. The Bertz CT molecular complexity index is 470. The van der Waals surface area contributed by atoms with E-state index in [2.05, 4.69) is 5.32 Å². The van der Waals surface area contributed by atoms with Gasteiger partial charge in [-0.15, -0.1) is 0 Å². The summed E-state index contributed by atoms with van der Waals surface area (Å²) in [7, 11) is 0. The molecule has 0 amide bonds. The Labute approximate surface area is 130 Å². The number of hydrogen-bond donors (Lipinski definition) is 1. The Morgan fingerprint density at radius 2 is 1.85 bits per heavy atom. The Hall–Kier alpha value is -0.280. The molecular formula is C16H21Cl2NO. The summed E-state index contributed by atoms with van der Waals surface area (Å²) in [6.45, 7) is 1.79. The molecule has 2 aliphatic rings. The third-order valence-electron chi connectivity index (χ3n) is 4.49. The molecule has 1 atom stereocenters. The van der Waals surface area contributed by atoms with Crippen LogP contribution in [0.15, 0.2) is 18.2 Å². The molecule has 1 spiro atoms. The lowest BCUT2D eigenvalue weighted by molar-refractivity contribution is -0.126. The number of nitrogens with one attached hydrogen (secondary N) is 1. The van der Waals surface area contributed by atoms with Crippen LogP contribution in [0.2, 0.25) is 10.0 Å². The molecule has 0 bridgehead atoms. The quantitative estimate of drug-likeness (QED) is 0.808. The summed E-state index contributed by atoms with van der Waals surface area (Å²) in [5, 5.41) is 4.92. The molecule has 3 rings (SSSR count). The van der Waals surface area contributed by atoms with Crippen LogP contribution < -0.4 is 5.32 Å². The van der Waals surface area contributed by atoms with E-state index in [4.69, 9.17) is 27.9 Å². The van der Waals surface area contributed by atoms with Crippen molar-refractivity contribution in [3.8, 4) is 0 Å². The zero-order valence-corrected chi connectivity index (χ0v) is 13.1. The van der Waals surface area contributed by atoms with E-state index in [0.717, 1.165) is 31.5 Å². The molecule has 1 N–H and O–H groups in total. The molecule has 2 nitrogen and oxygen atoms in total. The first-order valence-electron chi connectivity index (χ1n) is 7.52. The fourth-order valence-corrected chi connectivity index (χ4v) is 3.95. The van der Waals surface area contributed by atoms with Gasteiger partial charge in [-0.3, -0.25) is 0 Å². The molecule has 1 aromatic rings. The number of benzene rings is 1. The van der Waals surface area contributed by atoms with Crippen LogP contribution in [0.3, 0.4) is 0 Å². The van der Waals surface area contributed by atoms with Gasteiger partial charge in [0, 0.05) is 28.7 Å². The molecule has 1 saturated heterocycles. The van der Waals surface area contributed by atoms with Crippen LogP contribution in [0.4, 0.5) is 0 Å². The second-order valence-corrected chi connectivity index (χ2v) is 6.84. The standard InChI is InChI=1S/C16H21Cl2NO/c17-12-5-6-13(14(18)9-12)15-10-19-11-16(20-15)7-3-1-2-4-8-16/h5-6,9,15,19H,1-4,7-8,10-11H2. The minimum absolute atomic E-state index is 0.00236. The highest BCUT2D eigenvalue weighted by Crippen LogP contribution is 2.39. The molecule has 4 heteroatoms. The van der Waals surface area contributed by atoms with Crippen LogP contribution >= 0.6 is 23.2 Å². The van der Waals surface area contributed by atoms with Crippen LogP contribution in [-0.4, -0.2) is 18.7 Å². The van der Waals surface area contributed by atoms with E-state index in [1.54, 1.807) is 6.07 Å². The van der Waals surface area contributed by atoms with Crippen molar-refractivity contribution in [3.05, 3.63) is 33.8 Å². The van der Waals surface area contributed by atoms with E-state index < -0.39 is 0 Å². The summed E-state index contributed by atoms with van der Waals surface area (Å²) in [5.74, 6) is 0. The molecule has 1 heterocycles. The van der Waals surface area contributed by atoms with Gasteiger partial charge >= 0.3 is 0 Å². The topological polar surface area (TPSA) is 21.3 Å².